The Bertz CT molecular complexity index is 1030. The van der Waals surface area contributed by atoms with Crippen molar-refractivity contribution in [2.45, 2.75) is 17.1 Å². The van der Waals surface area contributed by atoms with Gasteiger partial charge in [-0.05, 0) is 68.5 Å². The molecule has 0 saturated carbocycles. The second-order valence-corrected chi connectivity index (χ2v) is 9.40. The summed E-state index contributed by atoms with van der Waals surface area (Å²) in [6, 6.07) is 11.8. The molecular weight excluding hydrogens is 427 g/mol. The lowest BCUT2D eigenvalue weighted by atomic mass is 10.1. The number of nitrogens with zero attached hydrogens (tertiary/aromatic N) is 1. The van der Waals surface area contributed by atoms with Gasteiger partial charge in [0.2, 0.25) is 0 Å². The SMILES string of the molecule is CN(C)CCc1c(CS(=O)(=O)c2ccc(Cl)cc2)[nH]c2ccc(Cl)cc12.Cl. The van der Waals surface area contributed by atoms with Crippen LogP contribution in [0, 0.1) is 0 Å². The van der Waals surface area contributed by atoms with Gasteiger partial charge in [0.05, 0.1) is 10.6 Å². The molecule has 146 valence electrons. The second kappa shape index (κ2) is 8.84. The van der Waals surface area contributed by atoms with E-state index in [2.05, 4.69) is 9.88 Å². The molecule has 0 radical (unpaired) electrons. The van der Waals surface area contributed by atoms with E-state index in [1.54, 1.807) is 18.2 Å². The number of aromatic amines is 1. The number of sulfone groups is 1. The van der Waals surface area contributed by atoms with Crippen molar-refractivity contribution >= 4 is 56.3 Å². The molecule has 2 aromatic carbocycles. The third kappa shape index (κ3) is 5.18. The van der Waals surface area contributed by atoms with E-state index in [1.807, 2.05) is 26.2 Å². The molecule has 0 fully saturated rings. The largest absolute Gasteiger partial charge is 0.357 e. The Morgan fingerprint density at radius 2 is 1.63 bits per heavy atom. The fourth-order valence-electron chi connectivity index (χ4n) is 2.94. The number of fused-ring (bicyclic) bond motifs is 1. The number of likely N-dealkylation sites (N-methyl/N-ethyl adjacent to an activating group) is 1. The Morgan fingerprint density at radius 3 is 2.26 bits per heavy atom. The standard InChI is InChI=1S/C19H20Cl2N2O2S.ClH/c1-23(2)10-9-16-17-11-14(21)5-8-18(17)22-19(16)12-26(24,25)15-6-3-13(20)4-7-15;/h3-8,11,22H,9-10,12H2,1-2H3;1H. The highest BCUT2D eigenvalue weighted by atomic mass is 35.5. The van der Waals surface area contributed by atoms with E-state index in [-0.39, 0.29) is 23.1 Å². The molecule has 8 heteroatoms. The molecule has 4 nitrogen and oxygen atoms in total. The molecule has 1 heterocycles. The summed E-state index contributed by atoms with van der Waals surface area (Å²) in [6.45, 7) is 0.813. The van der Waals surface area contributed by atoms with Gasteiger partial charge in [-0.15, -0.1) is 12.4 Å². The van der Waals surface area contributed by atoms with Crippen molar-refractivity contribution in [1.29, 1.82) is 0 Å². The van der Waals surface area contributed by atoms with Crippen LogP contribution in [0.4, 0.5) is 0 Å². The molecule has 0 aliphatic carbocycles. The van der Waals surface area contributed by atoms with Crippen LogP contribution in [-0.4, -0.2) is 38.9 Å². The third-order valence-electron chi connectivity index (χ3n) is 4.27. The summed E-state index contributed by atoms with van der Waals surface area (Å²) < 4.78 is 25.7. The minimum Gasteiger partial charge on any atom is -0.357 e. The van der Waals surface area contributed by atoms with Gasteiger partial charge in [0.1, 0.15) is 0 Å². The third-order valence-corrected chi connectivity index (χ3v) is 6.42. The van der Waals surface area contributed by atoms with Gasteiger partial charge >= 0.3 is 0 Å². The number of H-pyrrole nitrogens is 1. The van der Waals surface area contributed by atoms with Gasteiger partial charge in [-0.3, -0.25) is 0 Å². The summed E-state index contributed by atoms with van der Waals surface area (Å²) in [6.07, 6.45) is 0.735. The maximum Gasteiger partial charge on any atom is 0.183 e. The number of benzene rings is 2. The van der Waals surface area contributed by atoms with E-state index in [0.717, 1.165) is 29.4 Å². The summed E-state index contributed by atoms with van der Waals surface area (Å²) in [5.41, 5.74) is 2.59. The zero-order valence-electron chi connectivity index (χ0n) is 15.0. The van der Waals surface area contributed by atoms with Crippen molar-refractivity contribution in [2.24, 2.45) is 0 Å². The minimum atomic E-state index is -3.49. The molecule has 0 aliphatic rings. The smallest absolute Gasteiger partial charge is 0.183 e. The first-order valence-corrected chi connectivity index (χ1v) is 10.6. The van der Waals surface area contributed by atoms with Crippen LogP contribution in [0.5, 0.6) is 0 Å². The van der Waals surface area contributed by atoms with E-state index in [9.17, 15) is 8.42 Å². The molecule has 3 rings (SSSR count). The van der Waals surface area contributed by atoms with Crippen LogP contribution in [0.3, 0.4) is 0 Å². The number of aromatic nitrogens is 1. The predicted octanol–water partition coefficient (Wildman–Crippen LogP) is 4.97. The molecule has 1 aromatic heterocycles. The number of hydrogen-bond acceptors (Lipinski definition) is 3. The lowest BCUT2D eigenvalue weighted by Crippen LogP contribution is -2.16. The Balaban J connectivity index is 0.00000261. The maximum absolute atomic E-state index is 12.8. The molecule has 27 heavy (non-hydrogen) atoms. The van der Waals surface area contributed by atoms with Gasteiger partial charge < -0.3 is 9.88 Å². The molecule has 0 spiro atoms. The van der Waals surface area contributed by atoms with Crippen LogP contribution >= 0.6 is 35.6 Å². The van der Waals surface area contributed by atoms with Gasteiger partial charge in [-0.25, -0.2) is 8.42 Å². The number of nitrogens with one attached hydrogen (secondary N) is 1. The molecule has 0 amide bonds. The highest BCUT2D eigenvalue weighted by molar-refractivity contribution is 7.90. The van der Waals surface area contributed by atoms with E-state index >= 15 is 0 Å². The molecule has 1 N–H and O–H groups in total. The van der Waals surface area contributed by atoms with Crippen LogP contribution in [0.1, 0.15) is 11.3 Å². The first-order chi connectivity index (χ1) is 12.3. The summed E-state index contributed by atoms with van der Waals surface area (Å²) in [5, 5.41) is 2.12. The number of rotatable bonds is 6. The second-order valence-electron chi connectivity index (χ2n) is 6.54. The van der Waals surface area contributed by atoms with Gasteiger partial charge in [-0.1, -0.05) is 23.2 Å². The lowest BCUT2D eigenvalue weighted by molar-refractivity contribution is 0.414. The quantitative estimate of drug-likeness (QED) is 0.580. The summed E-state index contributed by atoms with van der Waals surface area (Å²) in [4.78, 5) is 5.60. The van der Waals surface area contributed by atoms with Gasteiger partial charge in [-0.2, -0.15) is 0 Å². The van der Waals surface area contributed by atoms with E-state index in [4.69, 9.17) is 23.2 Å². The number of hydrogen-bond donors (Lipinski definition) is 1. The van der Waals surface area contributed by atoms with Crippen LogP contribution in [-0.2, 0) is 22.0 Å². The fraction of sp³-hybridized carbons (Fsp3) is 0.263. The predicted molar refractivity (Wildman–Crippen MR) is 115 cm³/mol. The zero-order valence-corrected chi connectivity index (χ0v) is 18.1. The average molecular weight is 448 g/mol. The maximum atomic E-state index is 12.8. The summed E-state index contributed by atoms with van der Waals surface area (Å²) >= 11 is 12.0. The van der Waals surface area contributed by atoms with E-state index in [0.29, 0.717) is 15.7 Å². The Morgan fingerprint density at radius 1 is 1.00 bits per heavy atom. The van der Waals surface area contributed by atoms with Crippen molar-refractivity contribution in [3.63, 3.8) is 0 Å². The zero-order chi connectivity index (χ0) is 18.9. The van der Waals surface area contributed by atoms with Gasteiger partial charge in [0.25, 0.3) is 0 Å². The monoisotopic (exact) mass is 446 g/mol. The van der Waals surface area contributed by atoms with Gasteiger partial charge in [0.15, 0.2) is 9.84 Å². The molecule has 0 saturated heterocycles. The number of halogens is 3. The van der Waals surface area contributed by atoms with Crippen LogP contribution in [0.2, 0.25) is 10.0 Å². The topological polar surface area (TPSA) is 53.2 Å². The highest BCUT2D eigenvalue weighted by Gasteiger charge is 2.21. The van der Waals surface area contributed by atoms with Crippen LogP contribution < -0.4 is 0 Å². The van der Waals surface area contributed by atoms with E-state index in [1.165, 1.54) is 12.1 Å². The van der Waals surface area contributed by atoms with Crippen LogP contribution in [0.25, 0.3) is 10.9 Å². The normalized spacial score (nSPS) is 11.7. The Kier molecular flexibility index (Phi) is 7.22. The van der Waals surface area contributed by atoms with Crippen molar-refractivity contribution < 1.29 is 8.42 Å². The molecule has 3 aromatic rings. The average Bonchev–Trinajstić information content (AvgIpc) is 2.89. The molecule has 0 unspecified atom stereocenters. The summed E-state index contributed by atoms with van der Waals surface area (Å²) in [5.74, 6) is -0.0936. The van der Waals surface area contributed by atoms with Crippen molar-refractivity contribution in [2.75, 3.05) is 20.6 Å². The highest BCUT2D eigenvalue weighted by Crippen LogP contribution is 2.29. The molecular formula is C19H21Cl3N2O2S. The first-order valence-electron chi connectivity index (χ1n) is 8.18. The summed E-state index contributed by atoms with van der Waals surface area (Å²) in [7, 11) is 0.499. The van der Waals surface area contributed by atoms with Crippen LogP contribution in [0.15, 0.2) is 47.4 Å². The van der Waals surface area contributed by atoms with Gasteiger partial charge in [0, 0.05) is 33.2 Å². The van der Waals surface area contributed by atoms with Crippen molar-refractivity contribution in [1.82, 2.24) is 9.88 Å². The molecule has 0 bridgehead atoms. The lowest BCUT2D eigenvalue weighted by Gasteiger charge is -2.11. The van der Waals surface area contributed by atoms with E-state index < -0.39 is 9.84 Å². The molecule has 0 atom stereocenters. The van der Waals surface area contributed by atoms with Crippen molar-refractivity contribution in [3.8, 4) is 0 Å². The fourth-order valence-corrected chi connectivity index (χ4v) is 4.58. The molecule has 0 aliphatic heterocycles. The minimum absolute atomic E-state index is 0. The Hall–Kier alpha value is -1.24. The first kappa shape index (κ1) is 22.1. The van der Waals surface area contributed by atoms with Crippen molar-refractivity contribution in [3.05, 3.63) is 63.8 Å². The Labute approximate surface area is 175 Å².